The fraction of sp³-hybridized carbons (Fsp3) is 0.409. The van der Waals surface area contributed by atoms with E-state index in [4.69, 9.17) is 4.74 Å². The number of piperazine rings is 1. The molecule has 6 nitrogen and oxygen atoms in total. The molecule has 2 heterocycles. The molecule has 2 aromatic carbocycles. The number of hydrogen-bond acceptors (Lipinski definition) is 4. The summed E-state index contributed by atoms with van der Waals surface area (Å²) in [6.45, 7) is 6.68. The molecule has 2 N–H and O–H groups in total. The number of urea groups is 1. The molecule has 2 saturated heterocycles. The van der Waals surface area contributed by atoms with Gasteiger partial charge in [0.15, 0.2) is 0 Å². The lowest BCUT2D eigenvalue weighted by atomic mass is 10.0. The number of carbonyl (C=O) groups is 1. The van der Waals surface area contributed by atoms with Gasteiger partial charge in [-0.1, -0.05) is 42.5 Å². The number of nitrogens with zero attached hydrogens (tertiary/aromatic N) is 2. The highest BCUT2D eigenvalue weighted by atomic mass is 16.5. The minimum atomic E-state index is -0.0386. The van der Waals surface area contributed by atoms with Gasteiger partial charge in [0.05, 0.1) is 19.3 Å². The van der Waals surface area contributed by atoms with Crippen molar-refractivity contribution in [2.24, 2.45) is 0 Å². The SMILES string of the molecule is O=C(Nc1ccc(CN2CCOCC2)cc1)N1CCN[C@H](c2ccccc2)C1. The zero-order valence-corrected chi connectivity index (χ0v) is 16.1. The van der Waals surface area contributed by atoms with Gasteiger partial charge in [0, 0.05) is 45.0 Å². The Morgan fingerprint density at radius 3 is 2.54 bits per heavy atom. The van der Waals surface area contributed by atoms with Crippen LogP contribution in [-0.4, -0.2) is 61.8 Å². The van der Waals surface area contributed by atoms with Gasteiger partial charge < -0.3 is 20.3 Å². The molecule has 2 fully saturated rings. The van der Waals surface area contributed by atoms with Gasteiger partial charge in [-0.3, -0.25) is 4.90 Å². The maximum Gasteiger partial charge on any atom is 0.321 e. The Hall–Kier alpha value is -2.41. The maximum atomic E-state index is 12.7. The van der Waals surface area contributed by atoms with Crippen molar-refractivity contribution < 1.29 is 9.53 Å². The first kappa shape index (κ1) is 18.9. The Balaban J connectivity index is 1.31. The average Bonchev–Trinajstić information content (AvgIpc) is 2.76. The molecule has 0 radical (unpaired) electrons. The van der Waals surface area contributed by atoms with Gasteiger partial charge in [-0.2, -0.15) is 0 Å². The van der Waals surface area contributed by atoms with Gasteiger partial charge in [0.1, 0.15) is 0 Å². The van der Waals surface area contributed by atoms with Crippen LogP contribution in [0.3, 0.4) is 0 Å². The molecule has 148 valence electrons. The second-order valence-electron chi connectivity index (χ2n) is 7.38. The highest BCUT2D eigenvalue weighted by Gasteiger charge is 2.24. The molecule has 0 aliphatic carbocycles. The van der Waals surface area contributed by atoms with Crippen LogP contribution < -0.4 is 10.6 Å². The van der Waals surface area contributed by atoms with Crippen LogP contribution in [0.1, 0.15) is 17.2 Å². The van der Waals surface area contributed by atoms with Crippen LogP contribution in [0.25, 0.3) is 0 Å². The molecule has 0 saturated carbocycles. The van der Waals surface area contributed by atoms with E-state index in [0.29, 0.717) is 13.1 Å². The molecule has 0 aromatic heterocycles. The Bertz CT molecular complexity index is 760. The van der Waals surface area contributed by atoms with E-state index in [0.717, 1.165) is 45.1 Å². The van der Waals surface area contributed by atoms with Gasteiger partial charge in [0.25, 0.3) is 0 Å². The van der Waals surface area contributed by atoms with Crippen LogP contribution in [0.4, 0.5) is 10.5 Å². The minimum Gasteiger partial charge on any atom is -0.379 e. The van der Waals surface area contributed by atoms with E-state index in [1.165, 1.54) is 11.1 Å². The first-order chi connectivity index (χ1) is 13.8. The van der Waals surface area contributed by atoms with Crippen LogP contribution in [-0.2, 0) is 11.3 Å². The fourth-order valence-corrected chi connectivity index (χ4v) is 3.76. The molecule has 6 heteroatoms. The zero-order chi connectivity index (χ0) is 19.2. The molecule has 1 atom stereocenters. The molecule has 0 spiro atoms. The second-order valence-corrected chi connectivity index (χ2v) is 7.38. The summed E-state index contributed by atoms with van der Waals surface area (Å²) < 4.78 is 5.40. The summed E-state index contributed by atoms with van der Waals surface area (Å²) in [5.41, 5.74) is 3.31. The molecule has 0 unspecified atom stereocenters. The van der Waals surface area contributed by atoms with E-state index in [9.17, 15) is 4.79 Å². The topological polar surface area (TPSA) is 56.8 Å². The zero-order valence-electron chi connectivity index (χ0n) is 16.1. The largest absolute Gasteiger partial charge is 0.379 e. The first-order valence-corrected chi connectivity index (χ1v) is 10.0. The molecular formula is C22H28N4O2. The smallest absolute Gasteiger partial charge is 0.321 e. The van der Waals surface area contributed by atoms with Crippen LogP contribution >= 0.6 is 0 Å². The van der Waals surface area contributed by atoms with Crippen molar-refractivity contribution in [2.45, 2.75) is 12.6 Å². The van der Waals surface area contributed by atoms with Gasteiger partial charge in [-0.05, 0) is 23.3 Å². The molecule has 4 rings (SSSR count). The van der Waals surface area contributed by atoms with Crippen molar-refractivity contribution in [3.8, 4) is 0 Å². The van der Waals surface area contributed by atoms with E-state index in [2.05, 4.69) is 39.8 Å². The van der Waals surface area contributed by atoms with Crippen molar-refractivity contribution in [1.82, 2.24) is 15.1 Å². The van der Waals surface area contributed by atoms with Crippen LogP contribution in [0.15, 0.2) is 54.6 Å². The van der Waals surface area contributed by atoms with Crippen LogP contribution in [0.5, 0.6) is 0 Å². The van der Waals surface area contributed by atoms with E-state index >= 15 is 0 Å². The van der Waals surface area contributed by atoms with Gasteiger partial charge in [0.2, 0.25) is 0 Å². The number of amides is 2. The van der Waals surface area contributed by atoms with Gasteiger partial charge >= 0.3 is 6.03 Å². The highest BCUT2D eigenvalue weighted by Crippen LogP contribution is 2.18. The van der Waals surface area contributed by atoms with E-state index in [1.54, 1.807) is 0 Å². The molecule has 2 amide bonds. The lowest BCUT2D eigenvalue weighted by molar-refractivity contribution is 0.0342. The van der Waals surface area contributed by atoms with Crippen LogP contribution in [0, 0.1) is 0 Å². The molecule has 2 aromatic rings. The minimum absolute atomic E-state index is 0.0386. The highest BCUT2D eigenvalue weighted by molar-refractivity contribution is 5.89. The van der Waals surface area contributed by atoms with Gasteiger partial charge in [-0.25, -0.2) is 4.79 Å². The van der Waals surface area contributed by atoms with E-state index in [1.807, 2.05) is 35.2 Å². The van der Waals surface area contributed by atoms with Crippen LogP contribution in [0.2, 0.25) is 0 Å². The van der Waals surface area contributed by atoms with Crippen molar-refractivity contribution in [3.05, 3.63) is 65.7 Å². The monoisotopic (exact) mass is 380 g/mol. The normalized spacial score (nSPS) is 20.7. The van der Waals surface area contributed by atoms with Crippen molar-refractivity contribution in [2.75, 3.05) is 51.3 Å². The first-order valence-electron chi connectivity index (χ1n) is 10.0. The summed E-state index contributed by atoms with van der Waals surface area (Å²) in [5, 5.41) is 6.54. The number of nitrogens with one attached hydrogen (secondary N) is 2. The summed E-state index contributed by atoms with van der Waals surface area (Å²) in [5.74, 6) is 0. The summed E-state index contributed by atoms with van der Waals surface area (Å²) in [6.07, 6.45) is 0. The number of morpholine rings is 1. The average molecular weight is 380 g/mol. The Morgan fingerprint density at radius 1 is 1.04 bits per heavy atom. The predicted octanol–water partition coefficient (Wildman–Crippen LogP) is 2.70. The quantitative estimate of drug-likeness (QED) is 0.856. The molecule has 2 aliphatic heterocycles. The molecular weight excluding hydrogens is 352 g/mol. The Kier molecular flexibility index (Phi) is 6.21. The maximum absolute atomic E-state index is 12.7. The number of ether oxygens (including phenoxy) is 1. The van der Waals surface area contributed by atoms with Crippen molar-refractivity contribution in [3.63, 3.8) is 0 Å². The second kappa shape index (κ2) is 9.19. The summed E-state index contributed by atoms with van der Waals surface area (Å²) in [4.78, 5) is 17.0. The standard InChI is InChI=1S/C22H28N4O2/c27-22(26-11-10-23-21(17-26)19-4-2-1-3-5-19)24-20-8-6-18(7-9-20)16-25-12-14-28-15-13-25/h1-9,21,23H,10-17H2,(H,24,27)/t21-/m0/s1. The third-order valence-electron chi connectivity index (χ3n) is 5.38. The third-order valence-corrected chi connectivity index (χ3v) is 5.38. The number of rotatable bonds is 4. The molecule has 0 bridgehead atoms. The number of carbonyl (C=O) groups excluding carboxylic acids is 1. The van der Waals surface area contributed by atoms with E-state index < -0.39 is 0 Å². The lowest BCUT2D eigenvalue weighted by Gasteiger charge is -2.34. The summed E-state index contributed by atoms with van der Waals surface area (Å²) >= 11 is 0. The Labute approximate surface area is 166 Å². The Morgan fingerprint density at radius 2 is 1.79 bits per heavy atom. The number of anilines is 1. The molecule has 2 aliphatic rings. The fourth-order valence-electron chi connectivity index (χ4n) is 3.76. The lowest BCUT2D eigenvalue weighted by Crippen LogP contribution is -2.49. The van der Waals surface area contributed by atoms with Crippen molar-refractivity contribution >= 4 is 11.7 Å². The number of hydrogen-bond donors (Lipinski definition) is 2. The van der Waals surface area contributed by atoms with E-state index in [-0.39, 0.29) is 12.1 Å². The predicted molar refractivity (Wildman–Crippen MR) is 110 cm³/mol. The van der Waals surface area contributed by atoms with Gasteiger partial charge in [-0.15, -0.1) is 0 Å². The molecule has 28 heavy (non-hydrogen) atoms. The third kappa shape index (κ3) is 4.90. The summed E-state index contributed by atoms with van der Waals surface area (Å²) in [7, 11) is 0. The summed E-state index contributed by atoms with van der Waals surface area (Å²) in [6, 6.07) is 18.6. The van der Waals surface area contributed by atoms with Crippen molar-refractivity contribution in [1.29, 1.82) is 0 Å². The number of benzene rings is 2.